The normalized spacial score (nSPS) is 12.2. The molecule has 0 aliphatic heterocycles. The van der Waals surface area contributed by atoms with Crippen LogP contribution >= 0.6 is 11.6 Å². The number of hydrogen-bond acceptors (Lipinski definition) is 4. The van der Waals surface area contributed by atoms with Crippen LogP contribution in [0.3, 0.4) is 0 Å². The minimum Gasteiger partial charge on any atom is -0.481 e. The number of fused-ring (bicyclic) bond motifs is 2. The molecule has 3 N–H and O–H groups in total. The number of carboxylic acid groups (broad SMARTS) is 1. The Morgan fingerprint density at radius 1 is 1.06 bits per heavy atom. The van der Waals surface area contributed by atoms with E-state index in [-0.39, 0.29) is 16.9 Å². The lowest BCUT2D eigenvalue weighted by Gasteiger charge is -2.15. The van der Waals surface area contributed by atoms with Gasteiger partial charge in [-0.3, -0.25) is 9.59 Å². The standard InChI is InChI=1S/C24H15ClFN3O4/c25-15-3-5-17-14(7-15)10-20(28-17)23(30)29-18-4-1-12(8-16(18)26)22(24(31)32)13-2-6-21-19(9-13)27-11-33-21/h1-11,22,28H,(H,29,30)(H,31,32). The molecule has 5 aromatic rings. The molecule has 0 saturated heterocycles. The maximum absolute atomic E-state index is 14.9. The van der Waals surface area contributed by atoms with Gasteiger partial charge in [0, 0.05) is 15.9 Å². The van der Waals surface area contributed by atoms with Gasteiger partial charge in [0.2, 0.25) is 0 Å². The number of carbonyl (C=O) groups excluding carboxylic acids is 1. The van der Waals surface area contributed by atoms with Gasteiger partial charge in [0.1, 0.15) is 22.9 Å². The number of anilines is 1. The van der Waals surface area contributed by atoms with Crippen LogP contribution in [0.4, 0.5) is 10.1 Å². The average Bonchev–Trinajstić information content (AvgIpc) is 3.41. The summed E-state index contributed by atoms with van der Waals surface area (Å²) in [5.74, 6) is -3.57. The monoisotopic (exact) mass is 463 g/mol. The fraction of sp³-hybridized carbons (Fsp3) is 0.0417. The lowest BCUT2D eigenvalue weighted by molar-refractivity contribution is -0.137. The number of H-pyrrole nitrogens is 1. The van der Waals surface area contributed by atoms with Gasteiger partial charge in [-0.2, -0.15) is 0 Å². The van der Waals surface area contributed by atoms with Crippen molar-refractivity contribution >= 4 is 51.2 Å². The van der Waals surface area contributed by atoms with E-state index in [1.165, 1.54) is 18.5 Å². The largest absolute Gasteiger partial charge is 0.481 e. The van der Waals surface area contributed by atoms with Gasteiger partial charge in [0.05, 0.1) is 5.69 Å². The van der Waals surface area contributed by atoms with Crippen molar-refractivity contribution in [3.05, 3.63) is 94.7 Å². The van der Waals surface area contributed by atoms with Crippen LogP contribution in [0.2, 0.25) is 5.02 Å². The molecular weight excluding hydrogens is 449 g/mol. The Balaban J connectivity index is 1.42. The highest BCUT2D eigenvalue weighted by Crippen LogP contribution is 2.30. The van der Waals surface area contributed by atoms with Crippen LogP contribution in [0.1, 0.15) is 27.5 Å². The van der Waals surface area contributed by atoms with Crippen molar-refractivity contribution < 1.29 is 23.5 Å². The van der Waals surface area contributed by atoms with E-state index in [0.29, 0.717) is 27.2 Å². The van der Waals surface area contributed by atoms with Gasteiger partial charge in [-0.05, 0) is 59.7 Å². The molecule has 0 saturated carbocycles. The van der Waals surface area contributed by atoms with Gasteiger partial charge >= 0.3 is 5.97 Å². The van der Waals surface area contributed by atoms with E-state index in [2.05, 4.69) is 15.3 Å². The molecule has 5 rings (SSSR count). The van der Waals surface area contributed by atoms with Crippen LogP contribution in [0.5, 0.6) is 0 Å². The summed E-state index contributed by atoms with van der Waals surface area (Å²) < 4.78 is 20.0. The molecule has 2 heterocycles. The van der Waals surface area contributed by atoms with Crippen molar-refractivity contribution in [2.24, 2.45) is 0 Å². The quantitative estimate of drug-likeness (QED) is 0.316. The first kappa shape index (κ1) is 20.7. The van der Waals surface area contributed by atoms with Crippen LogP contribution in [0, 0.1) is 5.82 Å². The van der Waals surface area contributed by atoms with Gasteiger partial charge in [0.15, 0.2) is 12.0 Å². The van der Waals surface area contributed by atoms with Crippen molar-refractivity contribution in [3.8, 4) is 0 Å². The van der Waals surface area contributed by atoms with Crippen LogP contribution in [-0.2, 0) is 4.79 Å². The number of aromatic nitrogens is 2. The smallest absolute Gasteiger partial charge is 0.315 e. The third kappa shape index (κ3) is 3.92. The van der Waals surface area contributed by atoms with Crippen LogP contribution in [0.25, 0.3) is 22.0 Å². The second-order valence-electron chi connectivity index (χ2n) is 7.46. The number of benzene rings is 3. The number of aromatic amines is 1. The molecule has 2 aromatic heterocycles. The molecule has 1 amide bonds. The van der Waals surface area contributed by atoms with Crippen LogP contribution < -0.4 is 5.32 Å². The molecule has 0 fully saturated rings. The Kier molecular flexibility index (Phi) is 5.07. The lowest BCUT2D eigenvalue weighted by Crippen LogP contribution is -2.15. The number of halogens is 2. The van der Waals surface area contributed by atoms with Gasteiger partial charge in [-0.1, -0.05) is 23.7 Å². The number of nitrogens with zero attached hydrogens (tertiary/aromatic N) is 1. The summed E-state index contributed by atoms with van der Waals surface area (Å²) in [6, 6.07) is 15.5. The molecule has 0 aliphatic rings. The predicted molar refractivity (Wildman–Crippen MR) is 121 cm³/mol. The molecule has 0 bridgehead atoms. The summed E-state index contributed by atoms with van der Waals surface area (Å²) in [6.07, 6.45) is 1.27. The van der Waals surface area contributed by atoms with Crippen molar-refractivity contribution in [1.29, 1.82) is 0 Å². The number of rotatable bonds is 5. The van der Waals surface area contributed by atoms with Crippen molar-refractivity contribution in [2.75, 3.05) is 5.32 Å². The van der Waals surface area contributed by atoms with Crippen LogP contribution in [0.15, 0.2) is 71.5 Å². The number of carboxylic acids is 1. The molecule has 9 heteroatoms. The number of hydrogen-bond donors (Lipinski definition) is 3. The third-order valence-electron chi connectivity index (χ3n) is 5.34. The Hall–Kier alpha value is -4.17. The van der Waals surface area contributed by atoms with E-state index in [0.717, 1.165) is 11.5 Å². The minimum atomic E-state index is -1.15. The van der Waals surface area contributed by atoms with E-state index in [9.17, 15) is 19.1 Å². The Morgan fingerprint density at radius 3 is 2.64 bits per heavy atom. The average molecular weight is 464 g/mol. The summed E-state index contributed by atoms with van der Waals surface area (Å²) in [5.41, 5.74) is 2.55. The van der Waals surface area contributed by atoms with E-state index in [4.69, 9.17) is 16.0 Å². The summed E-state index contributed by atoms with van der Waals surface area (Å²) in [6.45, 7) is 0. The summed E-state index contributed by atoms with van der Waals surface area (Å²) in [5, 5.41) is 13.6. The second kappa shape index (κ2) is 8.07. The van der Waals surface area contributed by atoms with Crippen molar-refractivity contribution in [2.45, 2.75) is 5.92 Å². The Labute approximate surface area is 190 Å². The highest BCUT2D eigenvalue weighted by molar-refractivity contribution is 6.31. The minimum absolute atomic E-state index is 0.0727. The van der Waals surface area contributed by atoms with Gasteiger partial charge < -0.3 is 19.8 Å². The number of carbonyl (C=O) groups is 2. The first-order chi connectivity index (χ1) is 15.9. The first-order valence-electron chi connectivity index (χ1n) is 9.84. The van der Waals surface area contributed by atoms with Gasteiger partial charge in [0.25, 0.3) is 5.91 Å². The summed E-state index contributed by atoms with van der Waals surface area (Å²) in [4.78, 5) is 31.6. The van der Waals surface area contributed by atoms with Crippen LogP contribution in [-0.4, -0.2) is 27.0 Å². The zero-order chi connectivity index (χ0) is 23.1. The lowest BCUT2D eigenvalue weighted by atomic mass is 9.91. The molecule has 164 valence electrons. The first-order valence-corrected chi connectivity index (χ1v) is 10.2. The molecule has 33 heavy (non-hydrogen) atoms. The Bertz CT molecular complexity index is 1540. The van der Waals surface area contributed by atoms with Crippen molar-refractivity contribution in [3.63, 3.8) is 0 Å². The number of nitrogens with one attached hydrogen (secondary N) is 2. The second-order valence-corrected chi connectivity index (χ2v) is 7.90. The predicted octanol–water partition coefficient (Wildman–Crippen LogP) is 5.57. The Morgan fingerprint density at radius 2 is 1.85 bits per heavy atom. The number of oxazole rings is 1. The number of aliphatic carboxylic acids is 1. The zero-order valence-corrected chi connectivity index (χ0v) is 17.6. The maximum Gasteiger partial charge on any atom is 0.315 e. The highest BCUT2D eigenvalue weighted by Gasteiger charge is 2.24. The van der Waals surface area contributed by atoms with E-state index < -0.39 is 23.6 Å². The molecule has 1 unspecified atom stereocenters. The van der Waals surface area contributed by atoms with Gasteiger partial charge in [-0.25, -0.2) is 9.37 Å². The fourth-order valence-electron chi connectivity index (χ4n) is 3.76. The highest BCUT2D eigenvalue weighted by atomic mass is 35.5. The van der Waals surface area contributed by atoms with E-state index in [1.54, 1.807) is 42.5 Å². The molecule has 7 nitrogen and oxygen atoms in total. The zero-order valence-electron chi connectivity index (χ0n) is 16.8. The molecule has 0 radical (unpaired) electrons. The van der Waals surface area contributed by atoms with Crippen molar-refractivity contribution in [1.82, 2.24) is 9.97 Å². The molecule has 0 aliphatic carbocycles. The van der Waals surface area contributed by atoms with E-state index in [1.807, 2.05) is 0 Å². The summed E-state index contributed by atoms with van der Waals surface area (Å²) >= 11 is 5.97. The number of amides is 1. The third-order valence-corrected chi connectivity index (χ3v) is 5.57. The molecule has 1 atom stereocenters. The molecule has 3 aromatic carbocycles. The molecular formula is C24H15ClFN3O4. The summed E-state index contributed by atoms with van der Waals surface area (Å²) in [7, 11) is 0. The SMILES string of the molecule is O=C(Nc1ccc(C(C(=O)O)c2ccc3ocnc3c2)cc1F)c1cc2cc(Cl)ccc2[nH]1. The topological polar surface area (TPSA) is 108 Å². The molecule has 0 spiro atoms. The van der Waals surface area contributed by atoms with Gasteiger partial charge in [-0.15, -0.1) is 0 Å². The maximum atomic E-state index is 14.9. The van der Waals surface area contributed by atoms with E-state index >= 15 is 0 Å². The fourth-order valence-corrected chi connectivity index (χ4v) is 3.94.